The van der Waals surface area contributed by atoms with Gasteiger partial charge >= 0.3 is 0 Å². The molecule has 0 radical (unpaired) electrons. The van der Waals surface area contributed by atoms with Crippen molar-refractivity contribution in [3.8, 4) is 0 Å². The quantitative estimate of drug-likeness (QED) is 0.913. The summed E-state index contributed by atoms with van der Waals surface area (Å²) in [7, 11) is 0. The molecule has 1 aromatic carbocycles. The number of hydrogen-bond donors (Lipinski definition) is 1. The summed E-state index contributed by atoms with van der Waals surface area (Å²) in [6.45, 7) is 3.94. The third-order valence-electron chi connectivity index (χ3n) is 2.35. The molecule has 0 spiro atoms. The molecule has 2 aromatic rings. The highest BCUT2D eigenvalue weighted by Crippen LogP contribution is 2.31. The maximum atomic E-state index is 4.29. The van der Waals surface area contributed by atoms with Crippen molar-refractivity contribution in [2.45, 2.75) is 23.4 Å². The molecule has 18 heavy (non-hydrogen) atoms. The standard InChI is InChI=1S/C13H14BrN3S/c1-2-15-8-10-3-4-11(14)7-12(10)18-13-9-16-5-6-17-13/h3-7,9,15H,2,8H2,1H3. The first-order chi connectivity index (χ1) is 8.79. The number of rotatable bonds is 5. The molecule has 2 rings (SSSR count). The Kier molecular flexibility index (Phi) is 5.16. The van der Waals surface area contributed by atoms with Crippen LogP contribution in [0.15, 0.2) is 51.2 Å². The van der Waals surface area contributed by atoms with Crippen LogP contribution in [-0.4, -0.2) is 16.5 Å². The fourth-order valence-corrected chi connectivity index (χ4v) is 2.90. The van der Waals surface area contributed by atoms with Gasteiger partial charge in [0.05, 0.1) is 6.20 Å². The van der Waals surface area contributed by atoms with Crippen molar-refractivity contribution in [3.05, 3.63) is 46.8 Å². The third-order valence-corrected chi connectivity index (χ3v) is 3.86. The van der Waals surface area contributed by atoms with Crippen LogP contribution in [0.5, 0.6) is 0 Å². The monoisotopic (exact) mass is 323 g/mol. The molecule has 0 aliphatic rings. The van der Waals surface area contributed by atoms with Gasteiger partial charge in [-0.3, -0.25) is 4.98 Å². The van der Waals surface area contributed by atoms with E-state index in [2.05, 4.69) is 56.3 Å². The number of benzene rings is 1. The SMILES string of the molecule is CCNCc1ccc(Br)cc1Sc1cnccn1. The van der Waals surface area contributed by atoms with Crippen LogP contribution in [0.2, 0.25) is 0 Å². The zero-order chi connectivity index (χ0) is 12.8. The molecule has 0 bridgehead atoms. The van der Waals surface area contributed by atoms with E-state index >= 15 is 0 Å². The molecule has 0 aliphatic carbocycles. The highest BCUT2D eigenvalue weighted by atomic mass is 79.9. The minimum Gasteiger partial charge on any atom is -0.313 e. The summed E-state index contributed by atoms with van der Waals surface area (Å²) in [5.41, 5.74) is 1.27. The molecule has 1 N–H and O–H groups in total. The minimum absolute atomic E-state index is 0.867. The lowest BCUT2D eigenvalue weighted by molar-refractivity contribution is 0.717. The summed E-state index contributed by atoms with van der Waals surface area (Å²) in [6.07, 6.45) is 5.18. The largest absolute Gasteiger partial charge is 0.313 e. The number of nitrogens with one attached hydrogen (secondary N) is 1. The van der Waals surface area contributed by atoms with E-state index in [-0.39, 0.29) is 0 Å². The van der Waals surface area contributed by atoms with E-state index in [9.17, 15) is 0 Å². The Bertz CT molecular complexity index is 505. The zero-order valence-electron chi connectivity index (χ0n) is 10.1. The van der Waals surface area contributed by atoms with E-state index < -0.39 is 0 Å². The molecular weight excluding hydrogens is 310 g/mol. The first-order valence-electron chi connectivity index (χ1n) is 5.72. The van der Waals surface area contributed by atoms with Gasteiger partial charge in [0, 0.05) is 28.3 Å². The fourth-order valence-electron chi connectivity index (χ4n) is 1.48. The van der Waals surface area contributed by atoms with E-state index in [4.69, 9.17) is 0 Å². The Labute approximate surface area is 120 Å². The zero-order valence-corrected chi connectivity index (χ0v) is 12.5. The van der Waals surface area contributed by atoms with Gasteiger partial charge in [0.2, 0.25) is 0 Å². The summed E-state index contributed by atoms with van der Waals surface area (Å²) >= 11 is 5.14. The van der Waals surface area contributed by atoms with Crippen molar-refractivity contribution in [2.75, 3.05) is 6.54 Å². The first kappa shape index (κ1) is 13.5. The van der Waals surface area contributed by atoms with Gasteiger partial charge in [-0.05, 0) is 24.2 Å². The van der Waals surface area contributed by atoms with E-state index in [1.807, 2.05) is 0 Å². The van der Waals surface area contributed by atoms with Crippen LogP contribution in [0, 0.1) is 0 Å². The molecule has 0 amide bonds. The van der Waals surface area contributed by atoms with Crippen molar-refractivity contribution in [1.29, 1.82) is 0 Å². The lowest BCUT2D eigenvalue weighted by Crippen LogP contribution is -2.12. The third kappa shape index (κ3) is 3.80. The number of nitrogens with zero attached hydrogens (tertiary/aromatic N) is 2. The summed E-state index contributed by atoms with van der Waals surface area (Å²) in [4.78, 5) is 9.57. The lowest BCUT2D eigenvalue weighted by atomic mass is 10.2. The van der Waals surface area contributed by atoms with Gasteiger partial charge in [0.1, 0.15) is 5.03 Å². The predicted octanol–water partition coefficient (Wildman–Crippen LogP) is 3.50. The topological polar surface area (TPSA) is 37.8 Å². The highest BCUT2D eigenvalue weighted by Gasteiger charge is 2.06. The van der Waals surface area contributed by atoms with Gasteiger partial charge < -0.3 is 5.32 Å². The molecule has 0 fully saturated rings. The lowest BCUT2D eigenvalue weighted by Gasteiger charge is -2.09. The normalized spacial score (nSPS) is 10.6. The van der Waals surface area contributed by atoms with Crippen LogP contribution >= 0.6 is 27.7 Å². The molecular formula is C13H14BrN3S. The van der Waals surface area contributed by atoms with Crippen LogP contribution in [0.1, 0.15) is 12.5 Å². The van der Waals surface area contributed by atoms with Crippen LogP contribution in [0.4, 0.5) is 0 Å². The van der Waals surface area contributed by atoms with E-state index in [0.29, 0.717) is 0 Å². The molecule has 3 nitrogen and oxygen atoms in total. The van der Waals surface area contributed by atoms with Crippen LogP contribution in [0.25, 0.3) is 0 Å². The van der Waals surface area contributed by atoms with E-state index in [1.165, 1.54) is 10.5 Å². The number of halogens is 1. The molecule has 0 saturated heterocycles. The number of hydrogen-bond acceptors (Lipinski definition) is 4. The number of aromatic nitrogens is 2. The molecule has 0 atom stereocenters. The second kappa shape index (κ2) is 6.87. The Balaban J connectivity index is 2.22. The highest BCUT2D eigenvalue weighted by molar-refractivity contribution is 9.10. The van der Waals surface area contributed by atoms with Gasteiger partial charge in [-0.1, -0.05) is 40.7 Å². The molecule has 0 aliphatic heterocycles. The summed E-state index contributed by atoms with van der Waals surface area (Å²) in [6, 6.07) is 6.31. The van der Waals surface area contributed by atoms with E-state index in [1.54, 1.807) is 30.4 Å². The van der Waals surface area contributed by atoms with Crippen LogP contribution in [-0.2, 0) is 6.54 Å². The second-order valence-corrected chi connectivity index (χ2v) is 5.66. The first-order valence-corrected chi connectivity index (χ1v) is 7.33. The van der Waals surface area contributed by atoms with Gasteiger partial charge in [0.15, 0.2) is 0 Å². The van der Waals surface area contributed by atoms with Gasteiger partial charge in [-0.15, -0.1) is 0 Å². The minimum atomic E-state index is 0.867. The van der Waals surface area contributed by atoms with Crippen LogP contribution in [0.3, 0.4) is 0 Å². The van der Waals surface area contributed by atoms with Crippen molar-refractivity contribution < 1.29 is 0 Å². The van der Waals surface area contributed by atoms with Gasteiger partial charge in [-0.2, -0.15) is 0 Å². The smallest absolute Gasteiger partial charge is 0.119 e. The van der Waals surface area contributed by atoms with Gasteiger partial charge in [-0.25, -0.2) is 4.98 Å². The average molecular weight is 324 g/mol. The van der Waals surface area contributed by atoms with Crippen molar-refractivity contribution >= 4 is 27.7 Å². The maximum absolute atomic E-state index is 4.29. The molecule has 1 aromatic heterocycles. The Morgan fingerprint density at radius 3 is 2.94 bits per heavy atom. The molecule has 5 heteroatoms. The summed E-state index contributed by atoms with van der Waals surface area (Å²) in [5, 5.41) is 4.26. The predicted molar refractivity (Wildman–Crippen MR) is 77.7 cm³/mol. The Morgan fingerprint density at radius 2 is 2.22 bits per heavy atom. The van der Waals surface area contributed by atoms with Crippen LogP contribution < -0.4 is 5.32 Å². The van der Waals surface area contributed by atoms with Crippen molar-refractivity contribution in [3.63, 3.8) is 0 Å². The van der Waals surface area contributed by atoms with Gasteiger partial charge in [0.25, 0.3) is 0 Å². The molecule has 94 valence electrons. The van der Waals surface area contributed by atoms with E-state index in [0.717, 1.165) is 22.6 Å². The fraction of sp³-hybridized carbons (Fsp3) is 0.231. The molecule has 0 saturated carbocycles. The molecule has 1 heterocycles. The summed E-state index contributed by atoms with van der Waals surface area (Å²) in [5.74, 6) is 0. The Morgan fingerprint density at radius 1 is 1.33 bits per heavy atom. The second-order valence-electron chi connectivity index (χ2n) is 3.68. The molecule has 0 unspecified atom stereocenters. The average Bonchev–Trinajstić information content (AvgIpc) is 2.39. The summed E-state index contributed by atoms with van der Waals surface area (Å²) < 4.78 is 1.08. The van der Waals surface area contributed by atoms with Crippen molar-refractivity contribution in [1.82, 2.24) is 15.3 Å². The Hall–Kier alpha value is -0.910. The maximum Gasteiger partial charge on any atom is 0.119 e. The van der Waals surface area contributed by atoms with Crippen molar-refractivity contribution in [2.24, 2.45) is 0 Å².